The first-order valence-electron chi connectivity index (χ1n) is 7.39. The maximum absolute atomic E-state index is 12.4. The maximum Gasteiger partial charge on any atom is 0.263 e. The van der Waals surface area contributed by atoms with E-state index >= 15 is 0 Å². The van der Waals surface area contributed by atoms with Gasteiger partial charge in [0.05, 0.1) is 10.7 Å². The number of rotatable bonds is 5. The Morgan fingerprint density at radius 1 is 0.880 bits per heavy atom. The van der Waals surface area contributed by atoms with Gasteiger partial charge in [0.15, 0.2) is 5.82 Å². The first kappa shape index (κ1) is 17.2. The number of hydrogen-bond donors (Lipinski definition) is 2. The van der Waals surface area contributed by atoms with E-state index in [0.29, 0.717) is 11.5 Å². The molecule has 0 aliphatic rings. The van der Waals surface area contributed by atoms with Crippen molar-refractivity contribution in [3.63, 3.8) is 0 Å². The highest BCUT2D eigenvalue weighted by atomic mass is 35.5. The highest BCUT2D eigenvalue weighted by Crippen LogP contribution is 2.24. The molecule has 8 heteroatoms. The van der Waals surface area contributed by atoms with Crippen LogP contribution in [0.4, 0.5) is 17.2 Å². The number of benzene rings is 2. The Hall–Kier alpha value is -2.64. The van der Waals surface area contributed by atoms with Crippen LogP contribution in [-0.4, -0.2) is 18.6 Å². The van der Waals surface area contributed by atoms with Gasteiger partial charge in [0.1, 0.15) is 4.90 Å². The Balaban J connectivity index is 1.74. The van der Waals surface area contributed by atoms with Crippen LogP contribution in [0.1, 0.15) is 5.69 Å². The van der Waals surface area contributed by atoms with Crippen LogP contribution in [0.2, 0.25) is 5.02 Å². The zero-order chi connectivity index (χ0) is 17.9. The summed E-state index contributed by atoms with van der Waals surface area (Å²) in [6.07, 6.45) is 0. The van der Waals surface area contributed by atoms with Gasteiger partial charge >= 0.3 is 0 Å². The summed E-state index contributed by atoms with van der Waals surface area (Å²) in [4.78, 5) is 0.0359. The molecule has 2 aromatic carbocycles. The predicted octanol–water partition coefficient (Wildman–Crippen LogP) is 3.98. The number of anilines is 3. The minimum Gasteiger partial charge on any atom is -0.339 e. The molecule has 0 saturated heterocycles. The fourth-order valence-corrected chi connectivity index (χ4v) is 3.69. The van der Waals surface area contributed by atoms with Gasteiger partial charge in [-0.05, 0) is 55.5 Å². The van der Waals surface area contributed by atoms with Crippen LogP contribution in [0.3, 0.4) is 0 Å². The van der Waals surface area contributed by atoms with E-state index in [9.17, 15) is 8.42 Å². The smallest absolute Gasteiger partial charge is 0.263 e. The van der Waals surface area contributed by atoms with E-state index < -0.39 is 10.0 Å². The Kier molecular flexibility index (Phi) is 4.87. The number of aryl methyl sites for hydroxylation is 1. The van der Waals surface area contributed by atoms with E-state index in [0.717, 1.165) is 11.4 Å². The van der Waals surface area contributed by atoms with E-state index in [1.165, 1.54) is 12.1 Å². The number of nitrogens with one attached hydrogen (secondary N) is 2. The third kappa shape index (κ3) is 4.26. The summed E-state index contributed by atoms with van der Waals surface area (Å²) in [6, 6.07) is 16.7. The van der Waals surface area contributed by atoms with Gasteiger partial charge in [-0.3, -0.25) is 4.72 Å². The third-order valence-corrected chi connectivity index (χ3v) is 5.21. The van der Waals surface area contributed by atoms with Crippen molar-refractivity contribution in [1.29, 1.82) is 0 Å². The average molecular weight is 375 g/mol. The summed E-state index contributed by atoms with van der Waals surface area (Å²) in [7, 11) is -3.75. The van der Waals surface area contributed by atoms with Crippen molar-refractivity contribution in [3.8, 4) is 0 Å². The molecule has 0 aliphatic heterocycles. The first-order valence-corrected chi connectivity index (χ1v) is 9.25. The lowest BCUT2D eigenvalue weighted by molar-refractivity contribution is 0.601. The highest BCUT2D eigenvalue weighted by molar-refractivity contribution is 7.92. The van der Waals surface area contributed by atoms with E-state index in [1.54, 1.807) is 36.4 Å². The number of aromatic nitrogens is 2. The lowest BCUT2D eigenvalue weighted by atomic mass is 10.3. The molecule has 3 rings (SSSR count). The van der Waals surface area contributed by atoms with Gasteiger partial charge in [-0.15, -0.1) is 5.10 Å². The zero-order valence-electron chi connectivity index (χ0n) is 13.3. The molecule has 6 nitrogen and oxygen atoms in total. The largest absolute Gasteiger partial charge is 0.339 e. The fraction of sp³-hybridized carbons (Fsp3) is 0.0588. The summed E-state index contributed by atoms with van der Waals surface area (Å²) in [5.41, 5.74) is 2.02. The van der Waals surface area contributed by atoms with Crippen LogP contribution in [0.15, 0.2) is 65.6 Å². The third-order valence-electron chi connectivity index (χ3n) is 3.33. The number of sulfonamides is 1. The van der Waals surface area contributed by atoms with Crippen LogP contribution >= 0.6 is 11.6 Å². The Morgan fingerprint density at radius 3 is 2.20 bits per heavy atom. The van der Waals surface area contributed by atoms with Crippen LogP contribution in [0.25, 0.3) is 0 Å². The minimum atomic E-state index is -3.75. The van der Waals surface area contributed by atoms with Crippen molar-refractivity contribution in [3.05, 3.63) is 71.4 Å². The Bertz CT molecular complexity index is 974. The van der Waals surface area contributed by atoms with E-state index in [-0.39, 0.29) is 9.92 Å². The van der Waals surface area contributed by atoms with Crippen LogP contribution < -0.4 is 10.0 Å². The van der Waals surface area contributed by atoms with Gasteiger partial charge in [-0.1, -0.05) is 23.7 Å². The van der Waals surface area contributed by atoms with Crippen molar-refractivity contribution in [2.75, 3.05) is 10.0 Å². The van der Waals surface area contributed by atoms with Crippen molar-refractivity contribution in [1.82, 2.24) is 10.2 Å². The van der Waals surface area contributed by atoms with E-state index in [1.807, 2.05) is 19.1 Å². The molecule has 0 amide bonds. The van der Waals surface area contributed by atoms with Crippen LogP contribution in [0.5, 0.6) is 0 Å². The SMILES string of the molecule is Cc1ccc(Nc2ccc(NS(=O)(=O)c3ccccc3Cl)cc2)nn1. The monoisotopic (exact) mass is 374 g/mol. The van der Waals surface area contributed by atoms with Gasteiger partial charge in [-0.2, -0.15) is 5.10 Å². The molecule has 1 aromatic heterocycles. The van der Waals surface area contributed by atoms with Crippen LogP contribution in [0, 0.1) is 6.92 Å². The Morgan fingerprint density at radius 2 is 1.56 bits per heavy atom. The molecule has 0 saturated carbocycles. The summed E-state index contributed by atoms with van der Waals surface area (Å²) >= 11 is 5.96. The summed E-state index contributed by atoms with van der Waals surface area (Å²) in [6.45, 7) is 1.86. The molecule has 25 heavy (non-hydrogen) atoms. The van der Waals surface area contributed by atoms with Crippen molar-refractivity contribution in [2.24, 2.45) is 0 Å². The average Bonchev–Trinajstić information content (AvgIpc) is 2.59. The summed E-state index contributed by atoms with van der Waals surface area (Å²) in [5.74, 6) is 0.606. The standard InChI is InChI=1S/C17H15ClN4O2S/c1-12-6-11-17(21-20-12)19-13-7-9-14(10-8-13)22-25(23,24)16-5-3-2-4-15(16)18/h2-11,22H,1H3,(H,19,21). The van der Waals surface area contributed by atoms with Gasteiger partial charge in [0.2, 0.25) is 0 Å². The van der Waals surface area contributed by atoms with E-state index in [4.69, 9.17) is 11.6 Å². The van der Waals surface area contributed by atoms with Crippen LogP contribution in [-0.2, 0) is 10.0 Å². The lowest BCUT2D eigenvalue weighted by Gasteiger charge is -2.10. The molecule has 2 N–H and O–H groups in total. The molecule has 0 atom stereocenters. The number of hydrogen-bond acceptors (Lipinski definition) is 5. The molecular formula is C17H15ClN4O2S. The van der Waals surface area contributed by atoms with E-state index in [2.05, 4.69) is 20.2 Å². The van der Waals surface area contributed by atoms with Gasteiger partial charge in [0.25, 0.3) is 10.0 Å². The molecule has 0 bridgehead atoms. The molecule has 1 heterocycles. The highest BCUT2D eigenvalue weighted by Gasteiger charge is 2.17. The van der Waals surface area contributed by atoms with Crippen molar-refractivity contribution >= 4 is 38.8 Å². The van der Waals surface area contributed by atoms with Gasteiger partial charge in [0, 0.05) is 11.4 Å². The second-order valence-electron chi connectivity index (χ2n) is 5.30. The molecule has 0 aliphatic carbocycles. The summed E-state index contributed by atoms with van der Waals surface area (Å²) < 4.78 is 27.3. The first-order chi connectivity index (χ1) is 11.9. The van der Waals surface area contributed by atoms with Crippen molar-refractivity contribution in [2.45, 2.75) is 11.8 Å². The molecule has 0 unspecified atom stereocenters. The number of nitrogens with zero attached hydrogens (tertiary/aromatic N) is 2. The Labute approximate surface area is 150 Å². The second-order valence-corrected chi connectivity index (χ2v) is 7.36. The summed E-state index contributed by atoms with van der Waals surface area (Å²) in [5, 5.41) is 11.2. The number of halogens is 1. The molecule has 0 spiro atoms. The maximum atomic E-state index is 12.4. The molecule has 0 radical (unpaired) electrons. The van der Waals surface area contributed by atoms with Gasteiger partial charge in [-0.25, -0.2) is 8.42 Å². The minimum absolute atomic E-state index is 0.0359. The topological polar surface area (TPSA) is 84.0 Å². The molecular weight excluding hydrogens is 360 g/mol. The second kappa shape index (κ2) is 7.08. The molecule has 3 aromatic rings. The normalized spacial score (nSPS) is 11.1. The fourth-order valence-electron chi connectivity index (χ4n) is 2.11. The van der Waals surface area contributed by atoms with Gasteiger partial charge < -0.3 is 5.32 Å². The van der Waals surface area contributed by atoms with Crippen molar-refractivity contribution < 1.29 is 8.42 Å². The molecule has 128 valence electrons. The lowest BCUT2D eigenvalue weighted by Crippen LogP contribution is -2.13. The molecule has 0 fully saturated rings. The zero-order valence-corrected chi connectivity index (χ0v) is 14.8. The quantitative estimate of drug-likeness (QED) is 0.705. The predicted molar refractivity (Wildman–Crippen MR) is 98.8 cm³/mol.